The van der Waals surface area contributed by atoms with Crippen molar-refractivity contribution in [3.05, 3.63) is 18.5 Å². The third-order valence-electron chi connectivity index (χ3n) is 5.08. The number of piperazine rings is 1. The molecule has 0 saturated carbocycles. The van der Waals surface area contributed by atoms with Crippen LogP contribution < -0.4 is 4.90 Å². The number of rotatable bonds is 5. The number of carbonyl (C=O) groups excluding carboxylic acids is 2. The van der Waals surface area contributed by atoms with Crippen molar-refractivity contribution in [1.29, 1.82) is 0 Å². The van der Waals surface area contributed by atoms with Crippen molar-refractivity contribution in [3.63, 3.8) is 0 Å². The Hall–Kier alpha value is -2.23. The lowest BCUT2D eigenvalue weighted by Crippen LogP contribution is -2.50. The van der Waals surface area contributed by atoms with Crippen molar-refractivity contribution in [2.45, 2.75) is 25.8 Å². The second-order valence-electron chi connectivity index (χ2n) is 6.83. The summed E-state index contributed by atoms with van der Waals surface area (Å²) in [6, 6.07) is 1.44. The molecule has 2 saturated heterocycles. The van der Waals surface area contributed by atoms with Gasteiger partial charge in [0.1, 0.15) is 6.42 Å². The summed E-state index contributed by atoms with van der Waals surface area (Å²) in [5.74, 6) is 0.238. The number of sulfone groups is 1. The zero-order valence-electron chi connectivity index (χ0n) is 15.5. The van der Waals surface area contributed by atoms with E-state index in [1.54, 1.807) is 23.4 Å². The molecular formula is C17H25N5O4S. The molecule has 2 amide bonds. The van der Waals surface area contributed by atoms with Gasteiger partial charge in [0.2, 0.25) is 17.8 Å². The molecule has 27 heavy (non-hydrogen) atoms. The smallest absolute Gasteiger partial charge is 0.232 e. The van der Waals surface area contributed by atoms with E-state index in [0.29, 0.717) is 45.1 Å². The van der Waals surface area contributed by atoms with Gasteiger partial charge in [0.25, 0.3) is 0 Å². The standard InChI is InChI=1S/C17H25N5O4S/c1-2-22(14-4-11-27(25,26)13-14)16(24)12-15(23)20-7-9-21(10-8-20)17-18-5-3-6-19-17/h3,5-6,14H,2,4,7-13H2,1H3. The highest BCUT2D eigenvalue weighted by Crippen LogP contribution is 2.19. The van der Waals surface area contributed by atoms with E-state index in [9.17, 15) is 18.0 Å². The van der Waals surface area contributed by atoms with Crippen molar-refractivity contribution < 1.29 is 18.0 Å². The van der Waals surface area contributed by atoms with Gasteiger partial charge in [-0.3, -0.25) is 9.59 Å². The summed E-state index contributed by atoms with van der Waals surface area (Å²) < 4.78 is 23.3. The maximum Gasteiger partial charge on any atom is 0.232 e. The van der Waals surface area contributed by atoms with Gasteiger partial charge < -0.3 is 14.7 Å². The summed E-state index contributed by atoms with van der Waals surface area (Å²) in [5, 5.41) is 0. The van der Waals surface area contributed by atoms with Crippen molar-refractivity contribution in [2.75, 3.05) is 49.1 Å². The molecule has 2 aliphatic heterocycles. The lowest BCUT2D eigenvalue weighted by Gasteiger charge is -2.35. The van der Waals surface area contributed by atoms with E-state index in [0.717, 1.165) is 0 Å². The van der Waals surface area contributed by atoms with Crippen molar-refractivity contribution >= 4 is 27.6 Å². The van der Waals surface area contributed by atoms with Crippen LogP contribution in [0.4, 0.5) is 5.95 Å². The van der Waals surface area contributed by atoms with Crippen LogP contribution in [0.3, 0.4) is 0 Å². The van der Waals surface area contributed by atoms with Crippen LogP contribution in [0.2, 0.25) is 0 Å². The van der Waals surface area contributed by atoms with Gasteiger partial charge in [-0.15, -0.1) is 0 Å². The van der Waals surface area contributed by atoms with Gasteiger partial charge in [0.05, 0.1) is 11.5 Å². The Morgan fingerprint density at radius 3 is 2.41 bits per heavy atom. The van der Waals surface area contributed by atoms with Crippen LogP contribution >= 0.6 is 0 Å². The summed E-state index contributed by atoms with van der Waals surface area (Å²) >= 11 is 0. The minimum Gasteiger partial charge on any atom is -0.339 e. The summed E-state index contributed by atoms with van der Waals surface area (Å²) in [7, 11) is -3.07. The van der Waals surface area contributed by atoms with Gasteiger partial charge in [-0.05, 0) is 19.4 Å². The summed E-state index contributed by atoms with van der Waals surface area (Å²) in [6.07, 6.45) is 3.60. The molecule has 2 fully saturated rings. The van der Waals surface area contributed by atoms with E-state index in [4.69, 9.17) is 0 Å². The normalized spacial score (nSPS) is 21.9. The van der Waals surface area contributed by atoms with E-state index in [-0.39, 0.29) is 35.8 Å². The van der Waals surface area contributed by atoms with Crippen LogP contribution in [0.15, 0.2) is 18.5 Å². The Bertz CT molecular complexity index is 778. The van der Waals surface area contributed by atoms with E-state index in [1.165, 1.54) is 4.90 Å². The fraction of sp³-hybridized carbons (Fsp3) is 0.647. The van der Waals surface area contributed by atoms with Crippen LogP contribution in [-0.2, 0) is 19.4 Å². The van der Waals surface area contributed by atoms with Crippen LogP contribution in [-0.4, -0.2) is 90.3 Å². The molecule has 148 valence electrons. The molecule has 3 rings (SSSR count). The highest BCUT2D eigenvalue weighted by atomic mass is 32.2. The number of nitrogens with zero attached hydrogens (tertiary/aromatic N) is 5. The number of aromatic nitrogens is 2. The SMILES string of the molecule is CCN(C(=O)CC(=O)N1CCN(c2ncccn2)CC1)C1CCS(=O)(=O)C1. The average Bonchev–Trinajstić information content (AvgIpc) is 3.02. The predicted octanol–water partition coefficient (Wildman–Crippen LogP) is -0.449. The molecule has 1 unspecified atom stereocenters. The zero-order chi connectivity index (χ0) is 19.4. The molecule has 0 spiro atoms. The van der Waals surface area contributed by atoms with E-state index in [1.807, 2.05) is 11.8 Å². The second kappa shape index (κ2) is 8.20. The maximum atomic E-state index is 12.6. The Balaban J connectivity index is 1.52. The van der Waals surface area contributed by atoms with E-state index in [2.05, 4.69) is 9.97 Å². The fourth-order valence-corrected chi connectivity index (χ4v) is 5.34. The summed E-state index contributed by atoms with van der Waals surface area (Å²) in [6.45, 7) is 4.46. The molecule has 2 aliphatic rings. The highest BCUT2D eigenvalue weighted by Gasteiger charge is 2.35. The van der Waals surface area contributed by atoms with Gasteiger partial charge in [-0.1, -0.05) is 0 Å². The second-order valence-corrected chi connectivity index (χ2v) is 9.06. The third kappa shape index (κ3) is 4.74. The Kier molecular flexibility index (Phi) is 5.93. The molecular weight excluding hydrogens is 370 g/mol. The number of hydrogen-bond donors (Lipinski definition) is 0. The van der Waals surface area contributed by atoms with Crippen LogP contribution in [0.5, 0.6) is 0 Å². The highest BCUT2D eigenvalue weighted by molar-refractivity contribution is 7.91. The summed E-state index contributed by atoms with van der Waals surface area (Å²) in [4.78, 5) is 38.7. The number of anilines is 1. The first-order valence-electron chi connectivity index (χ1n) is 9.19. The quantitative estimate of drug-likeness (QED) is 0.622. The maximum absolute atomic E-state index is 12.6. The molecule has 0 radical (unpaired) electrons. The molecule has 0 aliphatic carbocycles. The van der Waals surface area contributed by atoms with Crippen molar-refractivity contribution in [3.8, 4) is 0 Å². The zero-order valence-corrected chi connectivity index (χ0v) is 16.3. The number of carbonyl (C=O) groups is 2. The third-order valence-corrected chi connectivity index (χ3v) is 6.83. The van der Waals surface area contributed by atoms with Gasteiger partial charge in [-0.2, -0.15) is 0 Å². The molecule has 9 nitrogen and oxygen atoms in total. The largest absolute Gasteiger partial charge is 0.339 e. The topological polar surface area (TPSA) is 104 Å². The molecule has 1 atom stereocenters. The van der Waals surface area contributed by atoms with Gasteiger partial charge in [0, 0.05) is 51.2 Å². The minimum absolute atomic E-state index is 0.00345. The monoisotopic (exact) mass is 395 g/mol. The molecule has 0 N–H and O–H groups in total. The van der Waals surface area contributed by atoms with Gasteiger partial charge in [-0.25, -0.2) is 18.4 Å². The van der Waals surface area contributed by atoms with E-state index < -0.39 is 9.84 Å². The van der Waals surface area contributed by atoms with Gasteiger partial charge >= 0.3 is 0 Å². The predicted molar refractivity (Wildman–Crippen MR) is 99.9 cm³/mol. The first-order valence-corrected chi connectivity index (χ1v) is 11.0. The number of amides is 2. The first kappa shape index (κ1) is 19.5. The van der Waals surface area contributed by atoms with Crippen LogP contribution in [0, 0.1) is 0 Å². The van der Waals surface area contributed by atoms with E-state index >= 15 is 0 Å². The Morgan fingerprint density at radius 1 is 1.19 bits per heavy atom. The first-order chi connectivity index (χ1) is 12.9. The molecule has 0 bridgehead atoms. The molecule has 1 aromatic heterocycles. The molecule has 0 aromatic carbocycles. The molecule has 3 heterocycles. The fourth-order valence-electron chi connectivity index (χ4n) is 3.61. The summed E-state index contributed by atoms with van der Waals surface area (Å²) in [5.41, 5.74) is 0. The Labute approximate surface area is 159 Å². The van der Waals surface area contributed by atoms with Crippen LogP contribution in [0.1, 0.15) is 19.8 Å². The number of hydrogen-bond acceptors (Lipinski definition) is 7. The molecule has 10 heteroatoms. The van der Waals surface area contributed by atoms with Crippen molar-refractivity contribution in [2.24, 2.45) is 0 Å². The minimum atomic E-state index is -3.07. The van der Waals surface area contributed by atoms with Crippen LogP contribution in [0.25, 0.3) is 0 Å². The van der Waals surface area contributed by atoms with Crippen molar-refractivity contribution in [1.82, 2.24) is 19.8 Å². The van der Waals surface area contributed by atoms with Gasteiger partial charge in [0.15, 0.2) is 9.84 Å². The Morgan fingerprint density at radius 2 is 1.85 bits per heavy atom. The average molecular weight is 395 g/mol. The lowest BCUT2D eigenvalue weighted by atomic mass is 10.2. The lowest BCUT2D eigenvalue weighted by molar-refractivity contribution is -0.141. The molecule has 1 aromatic rings.